The lowest BCUT2D eigenvalue weighted by atomic mass is 9.92. The number of unbranched alkanes of at least 4 members (excludes halogenated alkanes) is 8. The third-order valence-electron chi connectivity index (χ3n) is 3.93. The normalized spacial score (nSPS) is 12.6. The average Bonchev–Trinajstić information content (AvgIpc) is 2.38. The van der Waals surface area contributed by atoms with E-state index >= 15 is 0 Å². The predicted molar refractivity (Wildman–Crippen MR) is 85.1 cm³/mol. The summed E-state index contributed by atoms with van der Waals surface area (Å²) in [6.07, 6.45) is 20.4. The maximum absolute atomic E-state index is 3.91. The van der Waals surface area contributed by atoms with Crippen molar-refractivity contribution >= 4 is 0 Å². The Morgan fingerprint density at radius 1 is 0.722 bits per heavy atom. The molecule has 0 N–H and O–H groups in total. The Morgan fingerprint density at radius 3 is 1.67 bits per heavy atom. The van der Waals surface area contributed by atoms with Gasteiger partial charge in [0.05, 0.1) is 0 Å². The van der Waals surface area contributed by atoms with Crippen LogP contribution in [0.1, 0.15) is 97.3 Å². The zero-order valence-corrected chi connectivity index (χ0v) is 13.1. The van der Waals surface area contributed by atoms with Crippen LogP contribution in [0.2, 0.25) is 0 Å². The van der Waals surface area contributed by atoms with Gasteiger partial charge in [-0.15, -0.1) is 6.58 Å². The Balaban J connectivity index is 3.47. The van der Waals surface area contributed by atoms with Crippen molar-refractivity contribution in [3.8, 4) is 0 Å². The zero-order chi connectivity index (χ0) is 13.5. The van der Waals surface area contributed by atoms with Crippen LogP contribution in [0.15, 0.2) is 12.7 Å². The van der Waals surface area contributed by atoms with Crippen LogP contribution >= 0.6 is 0 Å². The molecule has 1 unspecified atom stereocenters. The molecule has 0 heterocycles. The maximum Gasteiger partial charge on any atom is -0.0325 e. The summed E-state index contributed by atoms with van der Waals surface area (Å²) in [4.78, 5) is 0. The van der Waals surface area contributed by atoms with Crippen LogP contribution in [-0.2, 0) is 0 Å². The lowest BCUT2D eigenvalue weighted by Gasteiger charge is -2.14. The van der Waals surface area contributed by atoms with Crippen molar-refractivity contribution in [3.63, 3.8) is 0 Å². The minimum atomic E-state index is 0.922. The minimum Gasteiger partial charge on any atom is -0.103 e. The largest absolute Gasteiger partial charge is 0.103 e. The van der Waals surface area contributed by atoms with Crippen molar-refractivity contribution in [2.45, 2.75) is 97.3 Å². The summed E-state index contributed by atoms with van der Waals surface area (Å²) in [6, 6.07) is 0. The van der Waals surface area contributed by atoms with Gasteiger partial charge in [0.1, 0.15) is 0 Å². The van der Waals surface area contributed by atoms with E-state index in [9.17, 15) is 0 Å². The highest BCUT2D eigenvalue weighted by Crippen LogP contribution is 2.21. The Kier molecular flexibility index (Phi) is 14.6. The zero-order valence-electron chi connectivity index (χ0n) is 13.1. The van der Waals surface area contributed by atoms with Gasteiger partial charge in [-0.2, -0.15) is 0 Å². The molecule has 0 aliphatic carbocycles. The van der Waals surface area contributed by atoms with E-state index in [0.717, 1.165) is 5.92 Å². The Hall–Kier alpha value is -0.260. The third kappa shape index (κ3) is 12.2. The molecule has 108 valence electrons. The molecule has 18 heavy (non-hydrogen) atoms. The van der Waals surface area contributed by atoms with Crippen LogP contribution in [0.4, 0.5) is 0 Å². The molecule has 0 saturated heterocycles. The van der Waals surface area contributed by atoms with Gasteiger partial charge in [-0.3, -0.25) is 0 Å². The van der Waals surface area contributed by atoms with E-state index in [1.807, 2.05) is 0 Å². The van der Waals surface area contributed by atoms with Crippen LogP contribution in [0.3, 0.4) is 0 Å². The van der Waals surface area contributed by atoms with E-state index in [1.54, 1.807) is 0 Å². The predicted octanol–water partition coefficient (Wildman–Crippen LogP) is 6.90. The molecule has 0 radical (unpaired) electrons. The molecule has 0 aromatic heterocycles. The van der Waals surface area contributed by atoms with E-state index in [4.69, 9.17) is 0 Å². The molecule has 0 aromatic carbocycles. The summed E-state index contributed by atoms with van der Waals surface area (Å²) in [5.74, 6) is 0.922. The summed E-state index contributed by atoms with van der Waals surface area (Å²) in [6.45, 7) is 8.49. The topological polar surface area (TPSA) is 0 Å². The van der Waals surface area contributed by atoms with Crippen LogP contribution in [0, 0.1) is 5.92 Å². The molecule has 0 rings (SSSR count). The first-order valence-corrected chi connectivity index (χ1v) is 8.46. The second kappa shape index (κ2) is 14.8. The molecule has 0 bridgehead atoms. The monoisotopic (exact) mass is 252 g/mol. The standard InChI is InChI=1S/C18H36/c1-4-7-9-11-12-14-17-18(15-6-3)16-13-10-8-5-2/h6,18H,3-5,7-17H2,1-2H3. The van der Waals surface area contributed by atoms with Gasteiger partial charge in [0, 0.05) is 0 Å². The minimum absolute atomic E-state index is 0.922. The van der Waals surface area contributed by atoms with Crippen molar-refractivity contribution in [2.24, 2.45) is 5.92 Å². The molecule has 0 spiro atoms. The molecule has 0 saturated carbocycles. The van der Waals surface area contributed by atoms with Crippen LogP contribution in [-0.4, -0.2) is 0 Å². The fourth-order valence-electron chi connectivity index (χ4n) is 2.69. The lowest BCUT2D eigenvalue weighted by molar-refractivity contribution is 0.408. The van der Waals surface area contributed by atoms with Gasteiger partial charge in [-0.25, -0.2) is 0 Å². The number of hydrogen-bond donors (Lipinski definition) is 0. The second-order valence-corrected chi connectivity index (χ2v) is 5.80. The molecular formula is C18H36. The average molecular weight is 252 g/mol. The summed E-state index contributed by atoms with van der Waals surface area (Å²) in [7, 11) is 0. The molecule has 0 fully saturated rings. The first-order valence-electron chi connectivity index (χ1n) is 8.46. The third-order valence-corrected chi connectivity index (χ3v) is 3.93. The number of rotatable bonds is 14. The van der Waals surface area contributed by atoms with Gasteiger partial charge in [-0.1, -0.05) is 97.0 Å². The van der Waals surface area contributed by atoms with Gasteiger partial charge < -0.3 is 0 Å². The molecule has 0 aromatic rings. The highest BCUT2D eigenvalue weighted by Gasteiger charge is 2.06. The van der Waals surface area contributed by atoms with Gasteiger partial charge in [0.15, 0.2) is 0 Å². The Morgan fingerprint density at radius 2 is 1.17 bits per heavy atom. The fourth-order valence-corrected chi connectivity index (χ4v) is 2.69. The molecule has 0 nitrogen and oxygen atoms in total. The first kappa shape index (κ1) is 17.7. The van der Waals surface area contributed by atoms with Crippen molar-refractivity contribution in [3.05, 3.63) is 12.7 Å². The van der Waals surface area contributed by atoms with Crippen molar-refractivity contribution in [1.82, 2.24) is 0 Å². The smallest absolute Gasteiger partial charge is 0.0325 e. The van der Waals surface area contributed by atoms with Crippen LogP contribution < -0.4 is 0 Å². The van der Waals surface area contributed by atoms with E-state index in [1.165, 1.54) is 83.5 Å². The summed E-state index contributed by atoms with van der Waals surface area (Å²) < 4.78 is 0. The first-order chi connectivity index (χ1) is 8.85. The highest BCUT2D eigenvalue weighted by atomic mass is 14.1. The fraction of sp³-hybridized carbons (Fsp3) is 0.889. The molecular weight excluding hydrogens is 216 g/mol. The summed E-state index contributed by atoms with van der Waals surface area (Å²) >= 11 is 0. The van der Waals surface area contributed by atoms with E-state index in [0.29, 0.717) is 0 Å². The molecule has 0 amide bonds. The summed E-state index contributed by atoms with van der Waals surface area (Å²) in [5, 5.41) is 0. The maximum atomic E-state index is 3.91. The Labute approximate surface area is 116 Å². The highest BCUT2D eigenvalue weighted by molar-refractivity contribution is 4.73. The van der Waals surface area contributed by atoms with Gasteiger partial charge in [0.2, 0.25) is 0 Å². The summed E-state index contributed by atoms with van der Waals surface area (Å²) in [5.41, 5.74) is 0. The molecule has 0 heteroatoms. The lowest BCUT2D eigenvalue weighted by Crippen LogP contribution is -1.99. The van der Waals surface area contributed by atoms with Gasteiger partial charge >= 0.3 is 0 Å². The van der Waals surface area contributed by atoms with E-state index < -0.39 is 0 Å². The SMILES string of the molecule is C=CCC(CCCCCC)CCCCCCCC. The molecule has 0 aliphatic heterocycles. The quantitative estimate of drug-likeness (QED) is 0.233. The molecule has 1 atom stereocenters. The van der Waals surface area contributed by atoms with Gasteiger partial charge in [0.25, 0.3) is 0 Å². The van der Waals surface area contributed by atoms with Crippen molar-refractivity contribution < 1.29 is 0 Å². The number of allylic oxidation sites excluding steroid dienone is 1. The Bertz CT molecular complexity index is 159. The van der Waals surface area contributed by atoms with Crippen molar-refractivity contribution in [1.29, 1.82) is 0 Å². The van der Waals surface area contributed by atoms with Crippen molar-refractivity contribution in [2.75, 3.05) is 0 Å². The van der Waals surface area contributed by atoms with Gasteiger partial charge in [-0.05, 0) is 12.3 Å². The van der Waals surface area contributed by atoms with Crippen LogP contribution in [0.5, 0.6) is 0 Å². The second-order valence-electron chi connectivity index (χ2n) is 5.80. The van der Waals surface area contributed by atoms with E-state index in [-0.39, 0.29) is 0 Å². The molecule has 0 aliphatic rings. The van der Waals surface area contributed by atoms with E-state index in [2.05, 4.69) is 26.5 Å². The number of hydrogen-bond acceptors (Lipinski definition) is 0. The van der Waals surface area contributed by atoms with Crippen LogP contribution in [0.25, 0.3) is 0 Å².